The second kappa shape index (κ2) is 7.97. The number of phenols is 1. The van der Waals surface area contributed by atoms with Gasteiger partial charge in [0.05, 0.1) is 13.3 Å². The smallest absolute Gasteiger partial charge is 0.206 e. The molecule has 0 saturated heterocycles. The summed E-state index contributed by atoms with van der Waals surface area (Å²) in [7, 11) is 1.52. The minimum Gasteiger partial charge on any atom is -0.504 e. The molecule has 0 radical (unpaired) electrons. The molecule has 4 rings (SSSR count). The maximum absolute atomic E-state index is 9.79. The molecule has 148 valence electrons. The van der Waals surface area contributed by atoms with Crippen molar-refractivity contribution in [2.45, 2.75) is 19.9 Å². The number of hydrogen-bond donors (Lipinski definition) is 1. The lowest BCUT2D eigenvalue weighted by molar-refractivity contribution is 0.373. The summed E-state index contributed by atoms with van der Waals surface area (Å²) in [6.07, 6.45) is 1.71. The van der Waals surface area contributed by atoms with Gasteiger partial charge >= 0.3 is 0 Å². The van der Waals surface area contributed by atoms with Gasteiger partial charge in [0.25, 0.3) is 0 Å². The van der Waals surface area contributed by atoms with Crippen molar-refractivity contribution in [3.8, 4) is 23.0 Å². The quantitative estimate of drug-likeness (QED) is 0.480. The van der Waals surface area contributed by atoms with Gasteiger partial charge in [-0.25, -0.2) is 4.68 Å². The maximum atomic E-state index is 9.79. The Hall–Kier alpha value is -3.32. The van der Waals surface area contributed by atoms with E-state index in [1.807, 2.05) is 49.6 Å². The fraction of sp³-hybridized carbons (Fsp3) is 0.182. The van der Waals surface area contributed by atoms with Crippen molar-refractivity contribution in [2.75, 3.05) is 7.11 Å². The van der Waals surface area contributed by atoms with Crippen LogP contribution in [-0.4, -0.2) is 29.1 Å². The second-order valence-electron chi connectivity index (χ2n) is 6.76. The Balaban J connectivity index is 1.81. The van der Waals surface area contributed by atoms with Crippen LogP contribution in [0.1, 0.15) is 19.4 Å². The Morgan fingerprint density at radius 3 is 2.76 bits per heavy atom. The number of methoxy groups -OCH3 is 1. The summed E-state index contributed by atoms with van der Waals surface area (Å²) < 4.78 is 13.0. The lowest BCUT2D eigenvalue weighted by atomic mass is 10.2. The van der Waals surface area contributed by atoms with Crippen LogP contribution in [0.5, 0.6) is 11.5 Å². The number of hydrogen-bond acceptors (Lipinski definition) is 6. The molecule has 0 aliphatic carbocycles. The third kappa shape index (κ3) is 3.95. The Morgan fingerprint density at radius 2 is 2.00 bits per heavy atom. The van der Waals surface area contributed by atoms with E-state index in [1.165, 1.54) is 18.4 Å². The van der Waals surface area contributed by atoms with Gasteiger partial charge in [-0.1, -0.05) is 18.2 Å². The number of rotatable bonds is 5. The molecule has 0 bridgehead atoms. The van der Waals surface area contributed by atoms with E-state index in [1.54, 1.807) is 29.1 Å². The van der Waals surface area contributed by atoms with Crippen molar-refractivity contribution in [1.82, 2.24) is 4.68 Å². The molecular formula is C22H21N3O3S. The van der Waals surface area contributed by atoms with Gasteiger partial charge in [-0.15, -0.1) is 11.3 Å². The fourth-order valence-corrected chi connectivity index (χ4v) is 3.85. The molecule has 29 heavy (non-hydrogen) atoms. The van der Waals surface area contributed by atoms with E-state index >= 15 is 0 Å². The minimum atomic E-state index is 0.0892. The third-order valence-electron chi connectivity index (χ3n) is 4.26. The maximum Gasteiger partial charge on any atom is 0.206 e. The van der Waals surface area contributed by atoms with Gasteiger partial charge in [0.1, 0.15) is 11.3 Å². The van der Waals surface area contributed by atoms with Crippen LogP contribution in [0.25, 0.3) is 22.4 Å². The average molecular weight is 407 g/mol. The fourth-order valence-electron chi connectivity index (χ4n) is 2.90. The molecule has 0 aliphatic heterocycles. The van der Waals surface area contributed by atoms with Gasteiger partial charge < -0.3 is 14.3 Å². The van der Waals surface area contributed by atoms with Crippen LogP contribution in [0.4, 0.5) is 0 Å². The highest BCUT2D eigenvalue weighted by atomic mass is 32.1. The number of furan rings is 1. The summed E-state index contributed by atoms with van der Waals surface area (Å²) in [5, 5.41) is 17.5. The molecule has 2 aromatic heterocycles. The molecule has 0 spiro atoms. The number of aromatic hydroxyl groups is 1. The number of para-hydroxylation sites is 1. The number of nitrogens with zero attached hydrogens (tertiary/aromatic N) is 3. The van der Waals surface area contributed by atoms with Crippen LogP contribution in [0.15, 0.2) is 68.4 Å². The topological polar surface area (TPSA) is 72.2 Å². The molecule has 0 unspecified atom stereocenters. The summed E-state index contributed by atoms with van der Waals surface area (Å²) in [5.74, 6) is 1.22. The monoisotopic (exact) mass is 407 g/mol. The van der Waals surface area contributed by atoms with E-state index in [0.717, 1.165) is 32.8 Å². The predicted molar refractivity (Wildman–Crippen MR) is 116 cm³/mol. The third-order valence-corrected chi connectivity index (χ3v) is 5.09. The number of fused-ring (bicyclic) bond motifs is 1. The highest BCUT2D eigenvalue weighted by Gasteiger charge is 2.13. The molecule has 7 heteroatoms. The van der Waals surface area contributed by atoms with Crippen LogP contribution < -0.4 is 9.54 Å². The SMILES string of the molecule is COc1cc(C=Nn2c(-c3cc4ccccc4o3)csc2=NC(C)C)ccc1O. The first-order valence-corrected chi connectivity index (χ1v) is 10.1. The molecule has 4 aromatic rings. The van der Waals surface area contributed by atoms with Gasteiger partial charge in [-0.3, -0.25) is 4.99 Å². The van der Waals surface area contributed by atoms with Crippen molar-refractivity contribution in [1.29, 1.82) is 0 Å². The van der Waals surface area contributed by atoms with Gasteiger partial charge in [-0.05, 0) is 49.7 Å². The van der Waals surface area contributed by atoms with Crippen molar-refractivity contribution in [2.24, 2.45) is 10.1 Å². The largest absolute Gasteiger partial charge is 0.504 e. The van der Waals surface area contributed by atoms with Crippen molar-refractivity contribution < 1.29 is 14.3 Å². The minimum absolute atomic E-state index is 0.0892. The summed E-state index contributed by atoms with van der Waals surface area (Å²) in [5.41, 5.74) is 2.45. The van der Waals surface area contributed by atoms with Crippen LogP contribution in [-0.2, 0) is 0 Å². The van der Waals surface area contributed by atoms with Crippen molar-refractivity contribution in [3.05, 3.63) is 64.3 Å². The highest BCUT2D eigenvalue weighted by Crippen LogP contribution is 2.28. The van der Waals surface area contributed by atoms with Crippen molar-refractivity contribution >= 4 is 28.5 Å². The van der Waals surface area contributed by atoms with Crippen LogP contribution in [0.3, 0.4) is 0 Å². The second-order valence-corrected chi connectivity index (χ2v) is 7.60. The summed E-state index contributed by atoms with van der Waals surface area (Å²) >= 11 is 1.51. The molecule has 0 atom stereocenters. The predicted octanol–water partition coefficient (Wildman–Crippen LogP) is 4.87. The first-order chi connectivity index (χ1) is 14.0. The molecule has 2 aromatic carbocycles. The standard InChI is InChI=1S/C22H21N3O3S/c1-14(2)24-22-25(23-12-15-8-9-18(26)21(10-15)27-3)17(13-29-22)20-11-16-6-4-5-7-19(16)28-20/h4-14,26H,1-3H3. The first-order valence-electron chi connectivity index (χ1n) is 9.20. The summed E-state index contributed by atoms with van der Waals surface area (Å²) in [4.78, 5) is 5.46. The number of phenolic OH excluding ortho intramolecular Hbond substituents is 1. The molecule has 2 heterocycles. The van der Waals surface area contributed by atoms with E-state index in [4.69, 9.17) is 9.15 Å². The number of benzene rings is 2. The Labute approximate surface area is 172 Å². The van der Waals surface area contributed by atoms with E-state index in [-0.39, 0.29) is 11.8 Å². The molecule has 1 N–H and O–H groups in total. The first kappa shape index (κ1) is 19.0. The summed E-state index contributed by atoms with van der Waals surface area (Å²) in [6.45, 7) is 4.05. The molecule has 0 saturated carbocycles. The lowest BCUT2D eigenvalue weighted by Crippen LogP contribution is -2.14. The van der Waals surface area contributed by atoms with Gasteiger partial charge in [0.15, 0.2) is 17.3 Å². The highest BCUT2D eigenvalue weighted by molar-refractivity contribution is 7.07. The van der Waals surface area contributed by atoms with Gasteiger partial charge in [0, 0.05) is 16.8 Å². The van der Waals surface area contributed by atoms with E-state index in [2.05, 4.69) is 10.1 Å². The van der Waals surface area contributed by atoms with Crippen LogP contribution in [0.2, 0.25) is 0 Å². The zero-order valence-electron chi connectivity index (χ0n) is 16.4. The zero-order valence-corrected chi connectivity index (χ0v) is 17.2. The Kier molecular flexibility index (Phi) is 5.22. The molecule has 0 fully saturated rings. The molecular weight excluding hydrogens is 386 g/mol. The van der Waals surface area contributed by atoms with Crippen LogP contribution >= 0.6 is 11.3 Å². The number of ether oxygens (including phenoxy) is 1. The van der Waals surface area contributed by atoms with Crippen molar-refractivity contribution in [3.63, 3.8) is 0 Å². The number of aromatic nitrogens is 1. The van der Waals surface area contributed by atoms with Crippen LogP contribution in [0, 0.1) is 0 Å². The number of thiazole rings is 1. The average Bonchev–Trinajstić information content (AvgIpc) is 3.30. The van der Waals surface area contributed by atoms with E-state index in [0.29, 0.717) is 5.75 Å². The van der Waals surface area contributed by atoms with E-state index in [9.17, 15) is 5.11 Å². The normalized spacial score (nSPS) is 12.5. The molecule has 0 amide bonds. The zero-order chi connectivity index (χ0) is 20.4. The summed E-state index contributed by atoms with van der Waals surface area (Å²) in [6, 6.07) is 15.1. The van der Waals surface area contributed by atoms with E-state index < -0.39 is 0 Å². The Bertz CT molecular complexity index is 1210. The Morgan fingerprint density at radius 1 is 1.17 bits per heavy atom. The molecule has 0 aliphatic rings. The molecule has 6 nitrogen and oxygen atoms in total. The van der Waals surface area contributed by atoms with Gasteiger partial charge in [-0.2, -0.15) is 5.10 Å². The van der Waals surface area contributed by atoms with Gasteiger partial charge in [0.2, 0.25) is 4.80 Å². The lowest BCUT2D eigenvalue weighted by Gasteiger charge is -2.04.